The van der Waals surface area contributed by atoms with E-state index in [4.69, 9.17) is 9.47 Å². The second-order valence-corrected chi connectivity index (χ2v) is 5.24. The number of aromatic nitrogens is 1. The number of rotatable bonds is 2. The van der Waals surface area contributed by atoms with Gasteiger partial charge in [-0.1, -0.05) is 0 Å². The number of hydrogen-bond donors (Lipinski definition) is 0. The zero-order chi connectivity index (χ0) is 16.0. The number of ether oxygens (including phenoxy) is 3. The summed E-state index contributed by atoms with van der Waals surface area (Å²) in [4.78, 5) is 38.3. The predicted molar refractivity (Wildman–Crippen MR) is 74.3 cm³/mol. The highest BCUT2D eigenvalue weighted by atomic mass is 16.5. The molecule has 0 radical (unpaired) electrons. The summed E-state index contributed by atoms with van der Waals surface area (Å²) >= 11 is 0. The molecule has 0 bridgehead atoms. The smallest absolute Gasteiger partial charge is 0.343 e. The number of esters is 1. The molecule has 2 aliphatic rings. The van der Waals surface area contributed by atoms with Crippen molar-refractivity contribution in [1.82, 2.24) is 9.47 Å². The van der Waals surface area contributed by atoms with E-state index in [1.807, 2.05) is 0 Å². The molecule has 22 heavy (non-hydrogen) atoms. The molecule has 118 valence electrons. The third-order valence-corrected chi connectivity index (χ3v) is 4.20. The van der Waals surface area contributed by atoms with Crippen LogP contribution in [-0.4, -0.2) is 61.9 Å². The van der Waals surface area contributed by atoms with Crippen molar-refractivity contribution in [3.8, 4) is 5.75 Å². The lowest BCUT2D eigenvalue weighted by Crippen LogP contribution is -2.49. The molecule has 0 aliphatic carbocycles. The van der Waals surface area contributed by atoms with E-state index in [1.165, 1.54) is 20.4 Å². The number of carbonyl (C=O) groups is 2. The van der Waals surface area contributed by atoms with Crippen molar-refractivity contribution < 1.29 is 23.8 Å². The van der Waals surface area contributed by atoms with Gasteiger partial charge in [-0.3, -0.25) is 9.59 Å². The molecule has 0 spiro atoms. The first kappa shape index (κ1) is 14.6. The van der Waals surface area contributed by atoms with Crippen LogP contribution in [0.1, 0.15) is 26.9 Å². The lowest BCUT2D eigenvalue weighted by atomic mass is 10.0. The van der Waals surface area contributed by atoms with E-state index in [0.29, 0.717) is 13.2 Å². The number of carbonyl (C=O) groups excluding carboxylic acids is 2. The topological polar surface area (TPSA) is 87.1 Å². The van der Waals surface area contributed by atoms with Crippen LogP contribution in [0.3, 0.4) is 0 Å². The molecule has 1 fully saturated rings. The quantitative estimate of drug-likeness (QED) is 0.695. The van der Waals surface area contributed by atoms with Crippen molar-refractivity contribution in [2.24, 2.45) is 0 Å². The molecular formula is C14H16N2O6. The summed E-state index contributed by atoms with van der Waals surface area (Å²) in [6.07, 6.45) is 1.36. The summed E-state index contributed by atoms with van der Waals surface area (Å²) in [5.74, 6) is -1.25. The molecule has 1 saturated heterocycles. The van der Waals surface area contributed by atoms with Crippen LogP contribution in [-0.2, 0) is 9.47 Å². The van der Waals surface area contributed by atoms with E-state index >= 15 is 0 Å². The van der Waals surface area contributed by atoms with E-state index in [-0.39, 0.29) is 35.0 Å². The van der Waals surface area contributed by atoms with Crippen molar-refractivity contribution in [2.75, 3.05) is 34.5 Å². The van der Waals surface area contributed by atoms with Gasteiger partial charge in [-0.15, -0.1) is 0 Å². The van der Waals surface area contributed by atoms with Crippen LogP contribution in [0.2, 0.25) is 0 Å². The van der Waals surface area contributed by atoms with E-state index in [1.54, 1.807) is 16.5 Å². The van der Waals surface area contributed by atoms with Crippen molar-refractivity contribution in [3.63, 3.8) is 0 Å². The zero-order valence-electron chi connectivity index (χ0n) is 12.5. The molecule has 8 heteroatoms. The lowest BCUT2D eigenvalue weighted by molar-refractivity contribution is 0.0581. The highest BCUT2D eigenvalue weighted by Gasteiger charge is 2.43. The maximum Gasteiger partial charge on any atom is 0.343 e. The first-order chi connectivity index (χ1) is 10.5. The van der Waals surface area contributed by atoms with Gasteiger partial charge < -0.3 is 23.7 Å². The fraction of sp³-hybridized carbons (Fsp3) is 0.500. The van der Waals surface area contributed by atoms with E-state index in [0.717, 1.165) is 0 Å². The third kappa shape index (κ3) is 1.83. The first-order valence-corrected chi connectivity index (χ1v) is 6.77. The molecule has 3 heterocycles. The van der Waals surface area contributed by atoms with E-state index in [9.17, 15) is 14.4 Å². The Morgan fingerprint density at radius 3 is 2.59 bits per heavy atom. The van der Waals surface area contributed by atoms with Crippen LogP contribution >= 0.6 is 0 Å². The van der Waals surface area contributed by atoms with Gasteiger partial charge in [0.15, 0.2) is 11.4 Å². The second kappa shape index (κ2) is 5.13. The number of pyridine rings is 1. The molecule has 3 rings (SSSR count). The molecule has 2 atom stereocenters. The van der Waals surface area contributed by atoms with Gasteiger partial charge in [-0.2, -0.15) is 0 Å². The fourth-order valence-electron chi connectivity index (χ4n) is 3.01. The molecule has 1 aromatic rings. The summed E-state index contributed by atoms with van der Waals surface area (Å²) in [7, 11) is 4.15. The van der Waals surface area contributed by atoms with Gasteiger partial charge in [-0.25, -0.2) is 4.79 Å². The Kier molecular flexibility index (Phi) is 3.40. The monoisotopic (exact) mass is 308 g/mol. The molecule has 0 N–H and O–H groups in total. The Morgan fingerprint density at radius 1 is 1.27 bits per heavy atom. The Labute approximate surface area is 126 Å². The molecule has 1 amide bonds. The molecule has 8 nitrogen and oxygen atoms in total. The summed E-state index contributed by atoms with van der Waals surface area (Å²) < 4.78 is 16.8. The van der Waals surface area contributed by atoms with Crippen LogP contribution in [0.25, 0.3) is 0 Å². The van der Waals surface area contributed by atoms with Crippen molar-refractivity contribution >= 4 is 11.9 Å². The second-order valence-electron chi connectivity index (χ2n) is 5.24. The van der Waals surface area contributed by atoms with Gasteiger partial charge in [0.05, 0.1) is 39.5 Å². The molecule has 0 unspecified atom stereocenters. The Hall–Kier alpha value is -2.35. The molecule has 2 aliphatic heterocycles. The van der Waals surface area contributed by atoms with Gasteiger partial charge in [0.2, 0.25) is 5.43 Å². The largest absolute Gasteiger partial charge is 0.491 e. The zero-order valence-corrected chi connectivity index (χ0v) is 12.5. The number of hydrogen-bond acceptors (Lipinski definition) is 6. The van der Waals surface area contributed by atoms with Crippen LogP contribution in [0.5, 0.6) is 5.75 Å². The predicted octanol–water partition coefficient (Wildman–Crippen LogP) is -0.331. The first-order valence-electron chi connectivity index (χ1n) is 6.77. The van der Waals surface area contributed by atoms with Gasteiger partial charge in [-0.05, 0) is 0 Å². The van der Waals surface area contributed by atoms with Crippen LogP contribution in [0.4, 0.5) is 0 Å². The number of nitrogens with zero attached hydrogens (tertiary/aromatic N) is 2. The average Bonchev–Trinajstić information content (AvgIpc) is 3.01. The van der Waals surface area contributed by atoms with Gasteiger partial charge in [0.25, 0.3) is 5.91 Å². The molecular weight excluding hydrogens is 292 g/mol. The Morgan fingerprint density at radius 2 is 1.95 bits per heavy atom. The van der Waals surface area contributed by atoms with Crippen LogP contribution in [0.15, 0.2) is 11.0 Å². The standard InChI is InChI=1S/C14H16N2O6/c1-15-8-5-22-6-9(8)16-4-7(14(19)21-3)11(17)12(20-2)10(16)13(15)18/h4,8-9H,5-6H2,1-3H3/t8-,9+/m0/s1. The van der Waals surface area contributed by atoms with Crippen LogP contribution < -0.4 is 10.2 Å². The minimum absolute atomic E-state index is 0.134. The summed E-state index contributed by atoms with van der Waals surface area (Å²) in [6.45, 7) is 0.802. The fourth-order valence-corrected chi connectivity index (χ4v) is 3.01. The minimum atomic E-state index is -0.763. The highest BCUT2D eigenvalue weighted by Crippen LogP contribution is 2.33. The summed E-state index contributed by atoms with van der Waals surface area (Å²) in [6, 6.07) is -0.312. The average molecular weight is 308 g/mol. The normalized spacial score (nSPS) is 23.0. The third-order valence-electron chi connectivity index (χ3n) is 4.20. The molecule has 0 aromatic carbocycles. The van der Waals surface area contributed by atoms with Crippen molar-refractivity contribution in [1.29, 1.82) is 0 Å². The maximum absolute atomic E-state index is 12.6. The number of methoxy groups -OCH3 is 2. The van der Waals surface area contributed by atoms with Gasteiger partial charge >= 0.3 is 5.97 Å². The SMILES string of the molecule is COC(=O)c1cn2c(c(OC)c1=O)C(=O)N(C)[C@H]1COC[C@H]12. The Balaban J connectivity index is 2.30. The van der Waals surface area contributed by atoms with Crippen molar-refractivity contribution in [2.45, 2.75) is 12.1 Å². The maximum atomic E-state index is 12.6. The number of likely N-dealkylation sites (N-methyl/N-ethyl adjacent to an activating group) is 1. The number of fused-ring (bicyclic) bond motifs is 3. The highest BCUT2D eigenvalue weighted by molar-refractivity contribution is 5.98. The molecule has 1 aromatic heterocycles. The number of amides is 1. The summed E-state index contributed by atoms with van der Waals surface area (Å²) in [5.41, 5.74) is -0.680. The van der Waals surface area contributed by atoms with Crippen molar-refractivity contribution in [3.05, 3.63) is 27.7 Å². The lowest BCUT2D eigenvalue weighted by Gasteiger charge is -2.37. The minimum Gasteiger partial charge on any atom is -0.491 e. The van der Waals surface area contributed by atoms with E-state index in [2.05, 4.69) is 4.74 Å². The van der Waals surface area contributed by atoms with Crippen LogP contribution in [0, 0.1) is 0 Å². The van der Waals surface area contributed by atoms with E-state index < -0.39 is 11.4 Å². The Bertz CT molecular complexity index is 710. The summed E-state index contributed by atoms with van der Waals surface area (Å²) in [5, 5.41) is 0. The van der Waals surface area contributed by atoms with Gasteiger partial charge in [0.1, 0.15) is 5.56 Å². The molecule has 0 saturated carbocycles. The van der Waals surface area contributed by atoms with Gasteiger partial charge in [0, 0.05) is 13.2 Å².